The van der Waals surface area contributed by atoms with E-state index in [1.165, 1.54) is 19.3 Å². The summed E-state index contributed by atoms with van der Waals surface area (Å²) in [6.07, 6.45) is 4.73. The molecule has 3 atom stereocenters. The summed E-state index contributed by atoms with van der Waals surface area (Å²) in [5, 5.41) is 0. The number of alkyl halides is 2. The van der Waals surface area contributed by atoms with E-state index >= 15 is 0 Å². The summed E-state index contributed by atoms with van der Waals surface area (Å²) < 4.78 is 34.1. The molecule has 0 amide bonds. The minimum atomic E-state index is -3.58. The first kappa shape index (κ1) is 14.2. The molecule has 6 heteroatoms. The average molecular weight is 276 g/mol. The number of carbonyl (C=O) groups excluding carboxylic acids is 2. The number of rotatable bonds is 5. The smallest absolute Gasteiger partial charge is 0.377 e. The Morgan fingerprint density at radius 2 is 1.95 bits per heavy atom. The monoisotopic (exact) mass is 276 g/mol. The number of halogens is 2. The predicted molar refractivity (Wildman–Crippen MR) is 61.5 cm³/mol. The molecule has 2 fully saturated rings. The van der Waals surface area contributed by atoms with Crippen molar-refractivity contribution >= 4 is 11.9 Å². The van der Waals surface area contributed by atoms with Gasteiger partial charge in [-0.1, -0.05) is 6.42 Å². The molecule has 0 spiro atoms. The summed E-state index contributed by atoms with van der Waals surface area (Å²) in [6.45, 7) is -0.0148. The normalized spacial score (nSPS) is 29.3. The highest BCUT2D eigenvalue weighted by Crippen LogP contribution is 2.48. The van der Waals surface area contributed by atoms with Crippen molar-refractivity contribution in [2.75, 3.05) is 13.2 Å². The molecule has 2 aliphatic rings. The van der Waals surface area contributed by atoms with Crippen molar-refractivity contribution in [3.8, 4) is 0 Å². The van der Waals surface area contributed by atoms with Gasteiger partial charge in [-0.15, -0.1) is 0 Å². The largest absolute Gasteiger partial charge is 0.463 e. The molecule has 108 valence electrons. The highest BCUT2D eigenvalue weighted by molar-refractivity contribution is 5.80. The van der Waals surface area contributed by atoms with Crippen molar-refractivity contribution in [3.05, 3.63) is 0 Å². The van der Waals surface area contributed by atoms with Crippen LogP contribution in [0.2, 0.25) is 0 Å². The number of hydrogen-bond acceptors (Lipinski definition) is 4. The molecule has 0 radical (unpaired) electrons. The van der Waals surface area contributed by atoms with Gasteiger partial charge in [0.05, 0.1) is 6.61 Å². The summed E-state index contributed by atoms with van der Waals surface area (Å²) in [5.74, 6) is -4.29. The molecule has 0 aromatic rings. The second-order valence-corrected chi connectivity index (χ2v) is 5.58. The molecule has 4 nitrogen and oxygen atoms in total. The van der Waals surface area contributed by atoms with Gasteiger partial charge in [-0.05, 0) is 37.0 Å². The molecule has 0 saturated heterocycles. The lowest BCUT2D eigenvalue weighted by Crippen LogP contribution is -2.30. The first-order valence-electron chi connectivity index (χ1n) is 6.57. The van der Waals surface area contributed by atoms with Gasteiger partial charge in [-0.2, -0.15) is 8.78 Å². The third kappa shape index (κ3) is 3.64. The van der Waals surface area contributed by atoms with Crippen molar-refractivity contribution in [2.45, 2.75) is 38.5 Å². The summed E-state index contributed by atoms with van der Waals surface area (Å²) >= 11 is 0. The van der Waals surface area contributed by atoms with Gasteiger partial charge in [-0.25, -0.2) is 9.59 Å². The lowest BCUT2D eigenvalue weighted by Gasteiger charge is -2.21. The molecule has 0 aliphatic heterocycles. The average Bonchev–Trinajstić information content (AvgIpc) is 2.94. The van der Waals surface area contributed by atoms with Gasteiger partial charge >= 0.3 is 17.9 Å². The Kier molecular flexibility index (Phi) is 4.06. The summed E-state index contributed by atoms with van der Waals surface area (Å²) in [5.41, 5.74) is 0. The lowest BCUT2D eigenvalue weighted by molar-refractivity contribution is -0.175. The highest BCUT2D eigenvalue weighted by Gasteiger charge is 2.40. The fraction of sp³-hybridized carbons (Fsp3) is 0.846. The maximum Gasteiger partial charge on any atom is 0.377 e. The van der Waals surface area contributed by atoms with E-state index in [0.717, 1.165) is 12.3 Å². The molecular weight excluding hydrogens is 258 g/mol. The third-order valence-corrected chi connectivity index (χ3v) is 4.02. The molecule has 0 N–H and O–H groups in total. The zero-order valence-corrected chi connectivity index (χ0v) is 10.9. The van der Waals surface area contributed by atoms with Crippen LogP contribution in [0.15, 0.2) is 0 Å². The van der Waals surface area contributed by atoms with Gasteiger partial charge in [0.25, 0.3) is 0 Å². The zero-order chi connectivity index (χ0) is 14.0. The molecule has 0 aromatic heterocycles. The maximum atomic E-state index is 12.5. The van der Waals surface area contributed by atoms with Crippen molar-refractivity contribution in [1.82, 2.24) is 0 Å². The Morgan fingerprint density at radius 3 is 2.47 bits per heavy atom. The van der Waals surface area contributed by atoms with Gasteiger partial charge < -0.3 is 9.47 Å². The predicted octanol–water partition coefficient (Wildman–Crippen LogP) is 2.16. The Labute approximate surface area is 110 Å². The van der Waals surface area contributed by atoms with E-state index in [9.17, 15) is 18.4 Å². The molecule has 2 bridgehead atoms. The van der Waals surface area contributed by atoms with E-state index in [4.69, 9.17) is 4.74 Å². The summed E-state index contributed by atoms with van der Waals surface area (Å²) in [7, 11) is 0. The van der Waals surface area contributed by atoms with E-state index in [-0.39, 0.29) is 0 Å². The molecule has 19 heavy (non-hydrogen) atoms. The van der Waals surface area contributed by atoms with Crippen LogP contribution >= 0.6 is 0 Å². The molecule has 0 heterocycles. The fourth-order valence-corrected chi connectivity index (χ4v) is 3.07. The Morgan fingerprint density at radius 1 is 1.21 bits per heavy atom. The first-order chi connectivity index (χ1) is 8.86. The van der Waals surface area contributed by atoms with Crippen LogP contribution in [0.1, 0.15) is 32.6 Å². The van der Waals surface area contributed by atoms with Crippen LogP contribution in [0.5, 0.6) is 0 Å². The van der Waals surface area contributed by atoms with Crippen molar-refractivity contribution in [3.63, 3.8) is 0 Å². The van der Waals surface area contributed by atoms with Crippen LogP contribution in [0.3, 0.4) is 0 Å². The number of hydrogen-bond donors (Lipinski definition) is 0. The molecule has 3 unspecified atom stereocenters. The summed E-state index contributed by atoms with van der Waals surface area (Å²) in [6, 6.07) is 0. The highest BCUT2D eigenvalue weighted by atomic mass is 19.3. The first-order valence-corrected chi connectivity index (χ1v) is 6.57. The third-order valence-electron chi connectivity index (χ3n) is 4.02. The van der Waals surface area contributed by atoms with Crippen molar-refractivity contribution < 1.29 is 27.8 Å². The summed E-state index contributed by atoms with van der Waals surface area (Å²) in [4.78, 5) is 22.0. The molecule has 2 saturated carbocycles. The second-order valence-electron chi connectivity index (χ2n) is 5.58. The second kappa shape index (κ2) is 5.43. The number of carbonyl (C=O) groups is 2. The quantitative estimate of drug-likeness (QED) is 0.722. The lowest BCUT2D eigenvalue weighted by atomic mass is 9.90. The van der Waals surface area contributed by atoms with Crippen LogP contribution in [0, 0.1) is 17.8 Å². The Bertz CT molecular complexity index is 364. The van der Waals surface area contributed by atoms with Gasteiger partial charge in [0, 0.05) is 6.92 Å². The molecule has 0 aromatic carbocycles. The maximum absolute atomic E-state index is 12.5. The van der Waals surface area contributed by atoms with Crippen LogP contribution in [-0.4, -0.2) is 31.1 Å². The topological polar surface area (TPSA) is 52.6 Å². The zero-order valence-electron chi connectivity index (χ0n) is 10.9. The van der Waals surface area contributed by atoms with E-state index in [1.54, 1.807) is 0 Å². The van der Waals surface area contributed by atoms with Gasteiger partial charge in [0.15, 0.2) is 6.61 Å². The van der Waals surface area contributed by atoms with Crippen molar-refractivity contribution in [1.29, 1.82) is 0 Å². The molecule has 2 rings (SSSR count). The number of fused-ring (bicyclic) bond motifs is 2. The number of esters is 2. The molecule has 2 aliphatic carbocycles. The minimum absolute atomic E-state index is 0.306. The minimum Gasteiger partial charge on any atom is -0.463 e. The SMILES string of the molecule is CC(F)(F)C(=O)OCC(=O)OCC1CC2CCC1C2. The Balaban J connectivity index is 1.64. The van der Waals surface area contributed by atoms with Gasteiger partial charge in [-0.3, -0.25) is 0 Å². The standard InChI is InChI=1S/C13H18F2O4/c1-13(14,15)12(17)19-7-11(16)18-6-10-5-8-2-3-9(10)4-8/h8-10H,2-7H2,1H3. The van der Waals surface area contributed by atoms with Gasteiger partial charge in [0.2, 0.25) is 0 Å². The van der Waals surface area contributed by atoms with Crippen LogP contribution < -0.4 is 0 Å². The van der Waals surface area contributed by atoms with Crippen LogP contribution in [0.25, 0.3) is 0 Å². The van der Waals surface area contributed by atoms with Crippen LogP contribution in [0.4, 0.5) is 8.78 Å². The fourth-order valence-electron chi connectivity index (χ4n) is 3.07. The van der Waals surface area contributed by atoms with E-state index in [2.05, 4.69) is 4.74 Å². The molecular formula is C13H18F2O4. The van der Waals surface area contributed by atoms with E-state index in [1.807, 2.05) is 0 Å². The Hall–Kier alpha value is -1.20. The van der Waals surface area contributed by atoms with E-state index in [0.29, 0.717) is 25.4 Å². The van der Waals surface area contributed by atoms with Gasteiger partial charge in [0.1, 0.15) is 0 Å². The van der Waals surface area contributed by atoms with Crippen molar-refractivity contribution in [2.24, 2.45) is 17.8 Å². The van der Waals surface area contributed by atoms with Crippen LogP contribution in [-0.2, 0) is 19.1 Å². The number of ether oxygens (including phenoxy) is 2. The van der Waals surface area contributed by atoms with E-state index < -0.39 is 24.5 Å².